The number of hydrogen-bond donors (Lipinski definition) is 0. The summed E-state index contributed by atoms with van der Waals surface area (Å²) in [6, 6.07) is 29.6. The third kappa shape index (κ3) is 2.74. The molecule has 2 unspecified atom stereocenters. The molecule has 2 atom stereocenters. The molecule has 0 fully saturated rings. The molecule has 0 amide bonds. The van der Waals surface area contributed by atoms with Crippen molar-refractivity contribution < 1.29 is 19.4 Å². The summed E-state index contributed by atoms with van der Waals surface area (Å²) in [7, 11) is 0. The SMILES string of the molecule is C=C[SiH2][Zr]([c]1ccccc1)([CH]1C=Cc2ccccc21)[CH]1C=Cc2ccccc21. The van der Waals surface area contributed by atoms with E-state index in [2.05, 4.69) is 115 Å². The maximum absolute atomic E-state index is 4.29. The van der Waals surface area contributed by atoms with E-state index in [0.717, 1.165) is 0 Å². The number of hydrogen-bond acceptors (Lipinski definition) is 0. The zero-order valence-corrected chi connectivity index (χ0v) is 19.8. The van der Waals surface area contributed by atoms with E-state index >= 15 is 0 Å². The minimum atomic E-state index is -2.98. The van der Waals surface area contributed by atoms with E-state index in [1.807, 2.05) is 0 Å². The summed E-state index contributed by atoms with van der Waals surface area (Å²) >= 11 is -2.98. The normalized spacial score (nSPS) is 21.6. The first-order chi connectivity index (χ1) is 13.8. The third-order valence-electron chi connectivity index (χ3n) is 6.50. The van der Waals surface area contributed by atoms with Crippen LogP contribution in [0.1, 0.15) is 29.5 Å². The fourth-order valence-corrected chi connectivity index (χ4v) is 32.0. The number of rotatable bonds is 5. The van der Waals surface area contributed by atoms with Gasteiger partial charge in [-0.3, -0.25) is 0 Å². The van der Waals surface area contributed by atoms with Crippen molar-refractivity contribution in [1.29, 1.82) is 0 Å². The van der Waals surface area contributed by atoms with Gasteiger partial charge in [-0.25, -0.2) is 0 Å². The molecule has 3 aromatic carbocycles. The van der Waals surface area contributed by atoms with Crippen molar-refractivity contribution in [2.45, 2.75) is 7.25 Å². The van der Waals surface area contributed by atoms with Crippen molar-refractivity contribution >= 4 is 22.1 Å². The Kier molecular flexibility index (Phi) is 4.78. The summed E-state index contributed by atoms with van der Waals surface area (Å²) < 4.78 is 2.82. The molecule has 0 aromatic heterocycles. The molecule has 0 saturated carbocycles. The van der Waals surface area contributed by atoms with Crippen LogP contribution in [-0.2, 0) is 19.4 Å². The summed E-state index contributed by atoms with van der Waals surface area (Å²) in [5.41, 5.74) is 8.27. The van der Waals surface area contributed by atoms with E-state index in [1.54, 1.807) is 14.4 Å². The van der Waals surface area contributed by atoms with Crippen LogP contribution in [0, 0.1) is 0 Å². The first-order valence-corrected chi connectivity index (χ1v) is 20.9. The van der Waals surface area contributed by atoms with Crippen LogP contribution in [0.5, 0.6) is 0 Å². The Labute approximate surface area is 173 Å². The van der Waals surface area contributed by atoms with Crippen LogP contribution in [0.2, 0.25) is 0 Å². The molecule has 28 heavy (non-hydrogen) atoms. The van der Waals surface area contributed by atoms with Crippen molar-refractivity contribution in [3.8, 4) is 0 Å². The van der Waals surface area contributed by atoms with Gasteiger partial charge in [0.2, 0.25) is 0 Å². The number of benzene rings is 3. The minimum absolute atomic E-state index is 0.436. The summed E-state index contributed by atoms with van der Waals surface area (Å²) in [6.45, 7) is 3.86. The molecular formula is C26H24SiZr. The number of fused-ring (bicyclic) bond motifs is 2. The first kappa shape index (κ1) is 18.0. The van der Waals surface area contributed by atoms with Crippen LogP contribution in [0.15, 0.2) is 103 Å². The molecule has 0 spiro atoms. The van der Waals surface area contributed by atoms with E-state index < -0.39 is 26.1 Å². The molecule has 0 radical (unpaired) electrons. The standard InChI is InChI=1S/2C9H7.C6H5.C2H5Si.Zr/c2*1-2-5-9-7-3-6-8(9)4-1;1-2-4-6-5-3-1;1-2-3;/h2*1-7H;1-5H;2H,1,3H2;. The topological polar surface area (TPSA) is 0 Å². The summed E-state index contributed by atoms with van der Waals surface area (Å²) in [5, 5.41) is 0. The molecule has 3 aromatic rings. The van der Waals surface area contributed by atoms with Gasteiger partial charge in [0.1, 0.15) is 0 Å². The van der Waals surface area contributed by atoms with Crippen molar-refractivity contribution in [1.82, 2.24) is 0 Å². The fourth-order valence-electron chi connectivity index (χ4n) is 5.31. The molecule has 0 nitrogen and oxygen atoms in total. The quantitative estimate of drug-likeness (QED) is 0.462. The Morgan fingerprint density at radius 1 is 0.679 bits per heavy atom. The van der Waals surface area contributed by atoms with Crippen molar-refractivity contribution in [2.75, 3.05) is 0 Å². The van der Waals surface area contributed by atoms with Crippen LogP contribution in [0.25, 0.3) is 12.2 Å². The second-order valence-electron chi connectivity index (χ2n) is 7.83. The molecule has 0 heterocycles. The van der Waals surface area contributed by atoms with E-state index in [-0.39, 0.29) is 0 Å². The van der Waals surface area contributed by atoms with Gasteiger partial charge in [-0.15, -0.1) is 0 Å². The summed E-state index contributed by atoms with van der Waals surface area (Å²) in [4.78, 5) is 0. The van der Waals surface area contributed by atoms with Crippen LogP contribution in [0.4, 0.5) is 0 Å². The zero-order valence-electron chi connectivity index (χ0n) is 16.0. The van der Waals surface area contributed by atoms with Crippen LogP contribution < -0.4 is 3.27 Å². The fraction of sp³-hybridized carbons (Fsp3) is 0.0769. The third-order valence-corrected chi connectivity index (χ3v) is 33.6. The predicted molar refractivity (Wildman–Crippen MR) is 121 cm³/mol. The van der Waals surface area contributed by atoms with Crippen LogP contribution >= 0.6 is 0 Å². The van der Waals surface area contributed by atoms with Gasteiger partial charge in [-0.2, -0.15) is 0 Å². The second kappa shape index (κ2) is 7.43. The van der Waals surface area contributed by atoms with E-state index in [4.69, 9.17) is 0 Å². The second-order valence-corrected chi connectivity index (χ2v) is 28.3. The van der Waals surface area contributed by atoms with E-state index in [9.17, 15) is 0 Å². The van der Waals surface area contributed by atoms with Gasteiger partial charge in [0.05, 0.1) is 0 Å². The Morgan fingerprint density at radius 2 is 1.18 bits per heavy atom. The number of allylic oxidation sites excluding steroid dienone is 2. The molecule has 5 rings (SSSR count). The summed E-state index contributed by atoms with van der Waals surface area (Å²) in [6.07, 6.45) is 9.82. The zero-order chi connectivity index (χ0) is 19.0. The van der Waals surface area contributed by atoms with E-state index in [1.165, 1.54) is 11.1 Å². The average Bonchev–Trinajstić information content (AvgIpc) is 3.38. The molecule has 2 heteroatoms. The van der Waals surface area contributed by atoms with Crippen molar-refractivity contribution in [2.24, 2.45) is 0 Å². The maximum atomic E-state index is 4.29. The Hall–Kier alpha value is -2.02. The summed E-state index contributed by atoms with van der Waals surface area (Å²) in [5.74, 6) is 0. The predicted octanol–water partition coefficient (Wildman–Crippen LogP) is 5.23. The van der Waals surface area contributed by atoms with Gasteiger partial charge in [-0.1, -0.05) is 0 Å². The molecule has 0 saturated heterocycles. The van der Waals surface area contributed by atoms with Crippen molar-refractivity contribution in [3.63, 3.8) is 0 Å². The monoisotopic (exact) mass is 454 g/mol. The van der Waals surface area contributed by atoms with Gasteiger partial charge in [0.15, 0.2) is 0 Å². The van der Waals surface area contributed by atoms with Gasteiger partial charge < -0.3 is 0 Å². The molecule has 136 valence electrons. The van der Waals surface area contributed by atoms with E-state index in [0.29, 0.717) is 7.25 Å². The van der Waals surface area contributed by atoms with Crippen LogP contribution in [-0.4, -0.2) is 6.65 Å². The molecule has 0 bridgehead atoms. The van der Waals surface area contributed by atoms with Gasteiger partial charge in [0.25, 0.3) is 0 Å². The van der Waals surface area contributed by atoms with Crippen LogP contribution in [0.3, 0.4) is 0 Å². The molecule has 2 aliphatic carbocycles. The average molecular weight is 456 g/mol. The van der Waals surface area contributed by atoms with Crippen molar-refractivity contribution in [3.05, 3.63) is 126 Å². The molecule has 2 aliphatic rings. The Bertz CT molecular complexity index is 1020. The van der Waals surface area contributed by atoms with Gasteiger partial charge in [-0.05, 0) is 0 Å². The first-order valence-electron chi connectivity index (χ1n) is 10.1. The van der Waals surface area contributed by atoms with Gasteiger partial charge >= 0.3 is 174 Å². The Balaban J connectivity index is 1.77. The molecule has 0 N–H and O–H groups in total. The van der Waals surface area contributed by atoms with Gasteiger partial charge in [0, 0.05) is 0 Å². The molecule has 0 aliphatic heterocycles. The molecular weight excluding hydrogens is 432 g/mol. The Morgan fingerprint density at radius 3 is 1.71 bits per heavy atom.